The van der Waals surface area contributed by atoms with Crippen LogP contribution in [0.25, 0.3) is 0 Å². The number of hydrogen-bond acceptors (Lipinski definition) is 3. The summed E-state index contributed by atoms with van der Waals surface area (Å²) in [7, 11) is 6.35. The van der Waals surface area contributed by atoms with Crippen molar-refractivity contribution in [3.05, 3.63) is 77.9 Å². The molecule has 0 aliphatic rings. The van der Waals surface area contributed by atoms with Gasteiger partial charge in [0.1, 0.15) is 6.61 Å². The van der Waals surface area contributed by atoms with Crippen LogP contribution in [0.2, 0.25) is 0 Å². The predicted octanol–water partition coefficient (Wildman–Crippen LogP) is 4.28. The number of hydrogen-bond donors (Lipinski definition) is 0. The largest absolute Gasteiger partial charge is 0.493 e. The Morgan fingerprint density at radius 1 is 0.889 bits per heavy atom. The molecule has 0 aromatic heterocycles. The third kappa shape index (κ3) is 4.61. The molecule has 27 heavy (non-hydrogen) atoms. The molecular weight excluding hydrogens is 353 g/mol. The summed E-state index contributed by atoms with van der Waals surface area (Å²) in [5.74, 6) is 1.60. The van der Waals surface area contributed by atoms with Gasteiger partial charge in [-0.15, -0.1) is 0 Å². The van der Waals surface area contributed by atoms with E-state index in [-0.39, 0.29) is 0 Å². The molecule has 0 fully saturated rings. The number of benzene rings is 3. The third-order valence-corrected chi connectivity index (χ3v) is 5.98. The molecule has 3 aromatic rings. The second-order valence-electron chi connectivity index (χ2n) is 6.60. The number of anilines is 1. The topological polar surface area (TPSA) is 21.7 Å². The lowest BCUT2D eigenvalue weighted by atomic mass is 10.2. The quantitative estimate of drug-likeness (QED) is 0.572. The average Bonchev–Trinajstić information content (AvgIpc) is 2.68. The Bertz CT molecular complexity index is 894. The van der Waals surface area contributed by atoms with Gasteiger partial charge in [-0.2, -0.15) is 0 Å². The van der Waals surface area contributed by atoms with E-state index in [9.17, 15) is 0 Å². The number of ether oxygens (including phenoxy) is 2. The molecule has 0 radical (unpaired) electrons. The van der Waals surface area contributed by atoms with Gasteiger partial charge in [-0.1, -0.05) is 63.2 Å². The molecule has 4 heteroatoms. The molecule has 1 atom stereocenters. The van der Waals surface area contributed by atoms with Crippen molar-refractivity contribution in [1.29, 1.82) is 0 Å². The first-order valence-corrected chi connectivity index (χ1v) is 9.98. The van der Waals surface area contributed by atoms with E-state index in [1.165, 1.54) is 16.6 Å². The second-order valence-corrected chi connectivity index (χ2v) is 7.89. The Kier molecular flexibility index (Phi) is 6.36. The fraction of sp³-hybridized carbons (Fsp3) is 0.217. The Morgan fingerprint density at radius 2 is 1.63 bits per heavy atom. The van der Waals surface area contributed by atoms with E-state index in [1.807, 2.05) is 30.3 Å². The SMILES string of the molecule is COc1cccc(Pc2c(C)cccc2N(C)C)c1OCc1ccccc1. The first kappa shape index (κ1) is 19.3. The lowest BCUT2D eigenvalue weighted by molar-refractivity contribution is 0.287. The smallest absolute Gasteiger partial charge is 0.169 e. The fourth-order valence-corrected chi connectivity index (χ4v) is 4.45. The van der Waals surface area contributed by atoms with Gasteiger partial charge in [-0.05, 0) is 30.2 Å². The van der Waals surface area contributed by atoms with Crippen molar-refractivity contribution in [1.82, 2.24) is 0 Å². The maximum absolute atomic E-state index is 6.23. The lowest BCUT2D eigenvalue weighted by Crippen LogP contribution is -2.20. The highest BCUT2D eigenvalue weighted by atomic mass is 31.1. The molecule has 0 aliphatic heterocycles. The minimum atomic E-state index is 0.486. The molecule has 0 saturated carbocycles. The van der Waals surface area contributed by atoms with E-state index in [4.69, 9.17) is 9.47 Å². The zero-order valence-electron chi connectivity index (χ0n) is 16.3. The van der Waals surface area contributed by atoms with Crippen LogP contribution in [0.1, 0.15) is 11.1 Å². The van der Waals surface area contributed by atoms with Crippen molar-refractivity contribution in [2.45, 2.75) is 13.5 Å². The van der Waals surface area contributed by atoms with Crippen LogP contribution < -0.4 is 25.0 Å². The summed E-state index contributed by atoms with van der Waals surface area (Å²) in [6.45, 7) is 2.69. The average molecular weight is 379 g/mol. The van der Waals surface area contributed by atoms with Crippen molar-refractivity contribution >= 4 is 24.9 Å². The minimum absolute atomic E-state index is 0.486. The van der Waals surface area contributed by atoms with Crippen molar-refractivity contribution in [2.24, 2.45) is 0 Å². The van der Waals surface area contributed by atoms with E-state index in [2.05, 4.69) is 62.3 Å². The molecular formula is C23H26NO2P. The summed E-state index contributed by atoms with van der Waals surface area (Å²) < 4.78 is 11.8. The van der Waals surface area contributed by atoms with Crippen molar-refractivity contribution in [3.63, 3.8) is 0 Å². The van der Waals surface area contributed by atoms with Crippen LogP contribution in [-0.4, -0.2) is 21.2 Å². The van der Waals surface area contributed by atoms with Gasteiger partial charge < -0.3 is 14.4 Å². The van der Waals surface area contributed by atoms with Gasteiger partial charge in [0.05, 0.1) is 7.11 Å². The molecule has 3 aromatic carbocycles. The van der Waals surface area contributed by atoms with Crippen molar-refractivity contribution < 1.29 is 9.47 Å². The normalized spacial score (nSPS) is 11.0. The molecule has 3 rings (SSSR count). The fourth-order valence-electron chi connectivity index (χ4n) is 2.98. The van der Waals surface area contributed by atoms with Crippen LogP contribution in [0.15, 0.2) is 66.7 Å². The molecule has 0 amide bonds. The van der Waals surface area contributed by atoms with Gasteiger partial charge in [0, 0.05) is 30.4 Å². The van der Waals surface area contributed by atoms with Gasteiger partial charge in [-0.3, -0.25) is 0 Å². The van der Waals surface area contributed by atoms with E-state index in [0.717, 1.165) is 22.4 Å². The van der Waals surface area contributed by atoms with E-state index < -0.39 is 0 Å². The van der Waals surface area contributed by atoms with E-state index in [0.29, 0.717) is 15.2 Å². The monoisotopic (exact) mass is 379 g/mol. The number of methoxy groups -OCH3 is 1. The second kappa shape index (κ2) is 8.92. The molecule has 0 spiro atoms. The van der Waals surface area contributed by atoms with Gasteiger partial charge in [0.25, 0.3) is 0 Å². The molecule has 140 valence electrons. The Morgan fingerprint density at radius 3 is 2.33 bits per heavy atom. The summed E-state index contributed by atoms with van der Waals surface area (Å²) in [5.41, 5.74) is 3.67. The summed E-state index contributed by atoms with van der Waals surface area (Å²) >= 11 is 0. The first-order chi connectivity index (χ1) is 13.1. The summed E-state index contributed by atoms with van der Waals surface area (Å²) in [4.78, 5) is 2.17. The highest BCUT2D eigenvalue weighted by molar-refractivity contribution is 7.56. The van der Waals surface area contributed by atoms with Crippen LogP contribution >= 0.6 is 8.58 Å². The zero-order valence-corrected chi connectivity index (χ0v) is 17.3. The Balaban J connectivity index is 1.94. The molecule has 0 N–H and O–H groups in total. The van der Waals surface area contributed by atoms with Crippen molar-refractivity contribution in [3.8, 4) is 11.5 Å². The third-order valence-electron chi connectivity index (χ3n) is 4.42. The summed E-state index contributed by atoms with van der Waals surface area (Å²) in [5, 5.41) is 2.49. The number of rotatable bonds is 7. The van der Waals surface area contributed by atoms with E-state index in [1.54, 1.807) is 7.11 Å². The van der Waals surface area contributed by atoms with Gasteiger partial charge >= 0.3 is 0 Å². The van der Waals surface area contributed by atoms with E-state index >= 15 is 0 Å². The molecule has 0 saturated heterocycles. The van der Waals surface area contributed by atoms with Crippen LogP contribution in [0.5, 0.6) is 11.5 Å². The van der Waals surface area contributed by atoms with Gasteiger partial charge in [0.2, 0.25) is 0 Å². The Hall–Kier alpha value is -2.51. The van der Waals surface area contributed by atoms with Crippen LogP contribution in [-0.2, 0) is 6.61 Å². The predicted molar refractivity (Wildman–Crippen MR) is 117 cm³/mol. The van der Waals surface area contributed by atoms with Crippen LogP contribution in [0.4, 0.5) is 5.69 Å². The molecule has 1 unspecified atom stereocenters. The maximum Gasteiger partial charge on any atom is 0.169 e. The number of aryl methyl sites for hydroxylation is 1. The molecule has 3 nitrogen and oxygen atoms in total. The molecule has 0 bridgehead atoms. The van der Waals surface area contributed by atoms with Gasteiger partial charge in [-0.25, -0.2) is 0 Å². The Labute approximate surface area is 163 Å². The molecule has 0 heterocycles. The lowest BCUT2D eigenvalue weighted by Gasteiger charge is -2.21. The summed E-state index contributed by atoms with van der Waals surface area (Å²) in [6, 6.07) is 22.8. The van der Waals surface area contributed by atoms with Crippen LogP contribution in [0.3, 0.4) is 0 Å². The molecule has 0 aliphatic carbocycles. The maximum atomic E-state index is 6.23. The number of nitrogens with zero attached hydrogens (tertiary/aromatic N) is 1. The van der Waals surface area contributed by atoms with Crippen molar-refractivity contribution in [2.75, 3.05) is 26.1 Å². The number of para-hydroxylation sites is 1. The standard InChI is InChI=1S/C23H26NO2P/c1-17-10-8-13-19(24(2)3)23(17)27-21-15-9-14-20(25-4)22(21)26-16-18-11-6-5-7-12-18/h5-15,27H,16H2,1-4H3. The van der Waals surface area contributed by atoms with Gasteiger partial charge in [0.15, 0.2) is 11.5 Å². The highest BCUT2D eigenvalue weighted by Gasteiger charge is 2.15. The zero-order chi connectivity index (χ0) is 19.2. The highest BCUT2D eigenvalue weighted by Crippen LogP contribution is 2.32. The minimum Gasteiger partial charge on any atom is -0.493 e. The first-order valence-electron chi connectivity index (χ1n) is 8.98. The van der Waals surface area contributed by atoms with Crippen LogP contribution in [0, 0.1) is 6.92 Å². The summed E-state index contributed by atoms with van der Waals surface area (Å²) in [6.07, 6.45) is 0.